The first kappa shape index (κ1) is 12.1. The van der Waals surface area contributed by atoms with E-state index in [0.29, 0.717) is 6.04 Å². The van der Waals surface area contributed by atoms with Crippen LogP contribution in [0, 0.1) is 0 Å². The molecule has 1 aromatic carbocycles. The van der Waals surface area contributed by atoms with Crippen LogP contribution in [0.4, 0.5) is 0 Å². The molecular weight excluding hydrogens is 214 g/mol. The summed E-state index contributed by atoms with van der Waals surface area (Å²) in [5.74, 6) is 0. The second kappa shape index (κ2) is 5.84. The van der Waals surface area contributed by atoms with E-state index in [0.717, 1.165) is 25.2 Å². The van der Waals surface area contributed by atoms with Gasteiger partial charge in [0.05, 0.1) is 6.26 Å². The lowest BCUT2D eigenvalue weighted by atomic mass is 10.1. The zero-order valence-electron chi connectivity index (χ0n) is 10.4. The standard InChI is InChI=1S/C14H19NO2/c1-11(7-8-16-2)15-9-12-10-17-14-6-4-3-5-13(12)14/h3-6,10-11,15H,7-9H2,1-2H3. The van der Waals surface area contributed by atoms with Gasteiger partial charge >= 0.3 is 0 Å². The van der Waals surface area contributed by atoms with Crippen LogP contribution in [0.25, 0.3) is 11.0 Å². The second-order valence-corrected chi connectivity index (χ2v) is 4.32. The molecule has 2 rings (SSSR count). The zero-order valence-corrected chi connectivity index (χ0v) is 10.4. The highest BCUT2D eigenvalue weighted by atomic mass is 16.5. The molecule has 0 aliphatic rings. The van der Waals surface area contributed by atoms with Gasteiger partial charge in [0.1, 0.15) is 5.58 Å². The number of methoxy groups -OCH3 is 1. The maximum absolute atomic E-state index is 5.50. The third kappa shape index (κ3) is 3.08. The fraction of sp³-hybridized carbons (Fsp3) is 0.429. The molecule has 1 atom stereocenters. The third-order valence-electron chi connectivity index (χ3n) is 2.96. The zero-order chi connectivity index (χ0) is 12.1. The number of para-hydroxylation sites is 1. The molecule has 3 heteroatoms. The van der Waals surface area contributed by atoms with Crippen molar-refractivity contribution in [2.45, 2.75) is 25.9 Å². The molecule has 1 unspecified atom stereocenters. The summed E-state index contributed by atoms with van der Waals surface area (Å²) in [6, 6.07) is 8.56. The maximum atomic E-state index is 5.50. The van der Waals surface area contributed by atoms with Gasteiger partial charge in [0, 0.05) is 37.3 Å². The van der Waals surface area contributed by atoms with E-state index in [9.17, 15) is 0 Å². The lowest BCUT2D eigenvalue weighted by Gasteiger charge is -2.12. The highest BCUT2D eigenvalue weighted by Gasteiger charge is 2.06. The van der Waals surface area contributed by atoms with Crippen LogP contribution in [0.2, 0.25) is 0 Å². The lowest BCUT2D eigenvalue weighted by molar-refractivity contribution is 0.184. The van der Waals surface area contributed by atoms with Crippen molar-refractivity contribution in [1.29, 1.82) is 0 Å². The quantitative estimate of drug-likeness (QED) is 0.833. The maximum Gasteiger partial charge on any atom is 0.134 e. The van der Waals surface area contributed by atoms with Crippen LogP contribution >= 0.6 is 0 Å². The van der Waals surface area contributed by atoms with Gasteiger partial charge in [0.2, 0.25) is 0 Å². The van der Waals surface area contributed by atoms with Crippen molar-refractivity contribution in [3.63, 3.8) is 0 Å². The summed E-state index contributed by atoms with van der Waals surface area (Å²) < 4.78 is 10.6. The molecule has 0 radical (unpaired) electrons. The molecular formula is C14H19NO2. The van der Waals surface area contributed by atoms with Crippen LogP contribution < -0.4 is 5.32 Å². The van der Waals surface area contributed by atoms with Crippen molar-refractivity contribution in [1.82, 2.24) is 5.32 Å². The molecule has 1 N–H and O–H groups in total. The first-order valence-corrected chi connectivity index (χ1v) is 5.98. The average molecular weight is 233 g/mol. The Kier molecular flexibility index (Phi) is 4.18. The molecule has 0 fully saturated rings. The van der Waals surface area contributed by atoms with Crippen LogP contribution in [0.15, 0.2) is 34.9 Å². The topological polar surface area (TPSA) is 34.4 Å². The monoisotopic (exact) mass is 233 g/mol. The number of rotatable bonds is 6. The minimum absolute atomic E-state index is 0.448. The van der Waals surface area contributed by atoms with E-state index in [1.165, 1.54) is 10.9 Å². The Balaban J connectivity index is 1.95. The van der Waals surface area contributed by atoms with Crippen molar-refractivity contribution in [3.05, 3.63) is 36.1 Å². The molecule has 0 spiro atoms. The molecule has 0 saturated carbocycles. The number of hydrogen-bond donors (Lipinski definition) is 1. The van der Waals surface area contributed by atoms with E-state index in [1.54, 1.807) is 7.11 Å². The van der Waals surface area contributed by atoms with Gasteiger partial charge in [-0.15, -0.1) is 0 Å². The number of nitrogens with one attached hydrogen (secondary N) is 1. The van der Waals surface area contributed by atoms with E-state index in [4.69, 9.17) is 9.15 Å². The summed E-state index contributed by atoms with van der Waals surface area (Å²) >= 11 is 0. The predicted molar refractivity (Wildman–Crippen MR) is 69.0 cm³/mol. The fourth-order valence-corrected chi connectivity index (χ4v) is 1.85. The first-order chi connectivity index (χ1) is 8.31. The molecule has 0 saturated heterocycles. The summed E-state index contributed by atoms with van der Waals surface area (Å²) in [5.41, 5.74) is 2.17. The lowest BCUT2D eigenvalue weighted by Crippen LogP contribution is -2.26. The molecule has 0 aliphatic heterocycles. The van der Waals surface area contributed by atoms with Crippen molar-refractivity contribution in [2.75, 3.05) is 13.7 Å². The van der Waals surface area contributed by atoms with Crippen LogP contribution in [0.3, 0.4) is 0 Å². The van der Waals surface area contributed by atoms with Gasteiger partial charge in [-0.25, -0.2) is 0 Å². The van der Waals surface area contributed by atoms with Crippen LogP contribution in [0.1, 0.15) is 18.9 Å². The first-order valence-electron chi connectivity index (χ1n) is 5.98. The van der Waals surface area contributed by atoms with Crippen molar-refractivity contribution < 1.29 is 9.15 Å². The molecule has 17 heavy (non-hydrogen) atoms. The molecule has 1 heterocycles. The Morgan fingerprint density at radius 1 is 1.35 bits per heavy atom. The van der Waals surface area contributed by atoms with E-state index < -0.39 is 0 Å². The van der Waals surface area contributed by atoms with Crippen molar-refractivity contribution in [3.8, 4) is 0 Å². The van der Waals surface area contributed by atoms with E-state index in [-0.39, 0.29) is 0 Å². The smallest absolute Gasteiger partial charge is 0.134 e. The predicted octanol–water partition coefficient (Wildman–Crippen LogP) is 2.95. The largest absolute Gasteiger partial charge is 0.464 e. The van der Waals surface area contributed by atoms with E-state index >= 15 is 0 Å². The molecule has 0 bridgehead atoms. The molecule has 2 aromatic rings. The molecule has 92 valence electrons. The molecule has 0 aliphatic carbocycles. The van der Waals surface area contributed by atoms with Crippen molar-refractivity contribution >= 4 is 11.0 Å². The molecule has 1 aromatic heterocycles. The van der Waals surface area contributed by atoms with Gasteiger partial charge in [-0.2, -0.15) is 0 Å². The Labute approximate surface area is 102 Å². The van der Waals surface area contributed by atoms with E-state index in [1.807, 2.05) is 24.5 Å². The van der Waals surface area contributed by atoms with Gasteiger partial charge in [0.25, 0.3) is 0 Å². The fourth-order valence-electron chi connectivity index (χ4n) is 1.85. The van der Waals surface area contributed by atoms with Crippen LogP contribution in [-0.4, -0.2) is 19.8 Å². The second-order valence-electron chi connectivity index (χ2n) is 4.32. The van der Waals surface area contributed by atoms with Gasteiger partial charge in [-0.3, -0.25) is 0 Å². The number of benzene rings is 1. The number of furan rings is 1. The molecule has 0 amide bonds. The number of hydrogen-bond acceptors (Lipinski definition) is 3. The normalized spacial score (nSPS) is 13.1. The highest BCUT2D eigenvalue weighted by molar-refractivity contribution is 5.80. The Hall–Kier alpha value is -1.32. The summed E-state index contributed by atoms with van der Waals surface area (Å²) in [4.78, 5) is 0. The highest BCUT2D eigenvalue weighted by Crippen LogP contribution is 2.20. The van der Waals surface area contributed by atoms with Crippen molar-refractivity contribution in [2.24, 2.45) is 0 Å². The van der Waals surface area contributed by atoms with Gasteiger partial charge in [0.15, 0.2) is 0 Å². The average Bonchev–Trinajstić information content (AvgIpc) is 2.77. The van der Waals surface area contributed by atoms with Crippen LogP contribution in [-0.2, 0) is 11.3 Å². The number of fused-ring (bicyclic) bond motifs is 1. The SMILES string of the molecule is COCCC(C)NCc1coc2ccccc12. The van der Waals surface area contributed by atoms with Gasteiger partial charge in [-0.05, 0) is 19.4 Å². The third-order valence-corrected chi connectivity index (χ3v) is 2.96. The summed E-state index contributed by atoms with van der Waals surface area (Å²) in [7, 11) is 1.73. The van der Waals surface area contributed by atoms with Crippen LogP contribution in [0.5, 0.6) is 0 Å². The summed E-state index contributed by atoms with van der Waals surface area (Å²) in [5, 5.41) is 4.67. The molecule has 3 nitrogen and oxygen atoms in total. The minimum atomic E-state index is 0.448. The van der Waals surface area contributed by atoms with Gasteiger partial charge < -0.3 is 14.5 Å². The van der Waals surface area contributed by atoms with Gasteiger partial charge in [-0.1, -0.05) is 18.2 Å². The summed E-state index contributed by atoms with van der Waals surface area (Å²) in [6.07, 6.45) is 2.85. The Bertz CT molecular complexity index is 464. The minimum Gasteiger partial charge on any atom is -0.464 e. The Morgan fingerprint density at radius 2 is 2.18 bits per heavy atom. The van der Waals surface area contributed by atoms with E-state index in [2.05, 4.69) is 18.3 Å². The Morgan fingerprint density at radius 3 is 3.00 bits per heavy atom. The number of ether oxygens (including phenoxy) is 1. The summed E-state index contributed by atoms with van der Waals surface area (Å²) in [6.45, 7) is 3.80.